The van der Waals surface area contributed by atoms with Crippen LogP contribution < -0.4 is 5.73 Å². The van der Waals surface area contributed by atoms with Gasteiger partial charge in [-0.25, -0.2) is 15.0 Å². The number of pyridine rings is 1. The molecule has 1 amide bonds. The number of nitrogen functional groups attached to an aromatic ring is 1. The number of nitrogens with zero attached hydrogens (tertiary/aromatic N) is 4. The second kappa shape index (κ2) is 8.20. The summed E-state index contributed by atoms with van der Waals surface area (Å²) in [6, 6.07) is 9.44. The van der Waals surface area contributed by atoms with Crippen LogP contribution in [0.1, 0.15) is 35.0 Å². The SMILES string of the molecule is CCc1ncnc(-c2ccc(C(=O)N3CC[C@H](O)C3)c(C)c2)c1-c1ccc(N)nc1. The lowest BCUT2D eigenvalue weighted by Gasteiger charge is -2.18. The molecule has 7 heteroatoms. The zero-order chi connectivity index (χ0) is 21.3. The fourth-order valence-corrected chi connectivity index (χ4v) is 3.91. The highest BCUT2D eigenvalue weighted by Crippen LogP contribution is 2.33. The van der Waals surface area contributed by atoms with Gasteiger partial charge in [-0.05, 0) is 49.6 Å². The quantitative estimate of drug-likeness (QED) is 0.694. The molecule has 0 spiro atoms. The molecule has 30 heavy (non-hydrogen) atoms. The zero-order valence-corrected chi connectivity index (χ0v) is 17.2. The van der Waals surface area contributed by atoms with Crippen LogP contribution in [0.25, 0.3) is 22.4 Å². The molecule has 154 valence electrons. The molecule has 0 radical (unpaired) electrons. The molecule has 0 unspecified atom stereocenters. The Morgan fingerprint density at radius 1 is 1.20 bits per heavy atom. The number of anilines is 1. The van der Waals surface area contributed by atoms with Crippen molar-refractivity contribution in [1.82, 2.24) is 19.9 Å². The molecule has 7 nitrogen and oxygen atoms in total. The van der Waals surface area contributed by atoms with Crippen LogP contribution in [0.15, 0.2) is 42.9 Å². The Labute approximate surface area is 175 Å². The summed E-state index contributed by atoms with van der Waals surface area (Å²) in [7, 11) is 0. The molecule has 3 N–H and O–H groups in total. The van der Waals surface area contributed by atoms with Gasteiger partial charge in [0.1, 0.15) is 12.1 Å². The van der Waals surface area contributed by atoms with Gasteiger partial charge < -0.3 is 15.7 Å². The van der Waals surface area contributed by atoms with Gasteiger partial charge in [-0.1, -0.05) is 13.0 Å². The summed E-state index contributed by atoms with van der Waals surface area (Å²) in [5, 5.41) is 9.74. The number of aromatic nitrogens is 3. The van der Waals surface area contributed by atoms with Crippen LogP contribution in [0.2, 0.25) is 0 Å². The molecular formula is C23H25N5O2. The smallest absolute Gasteiger partial charge is 0.254 e. The Morgan fingerprint density at radius 2 is 2.00 bits per heavy atom. The topological polar surface area (TPSA) is 105 Å². The maximum Gasteiger partial charge on any atom is 0.254 e. The summed E-state index contributed by atoms with van der Waals surface area (Å²) >= 11 is 0. The molecule has 1 aliphatic heterocycles. The summed E-state index contributed by atoms with van der Waals surface area (Å²) in [4.78, 5) is 27.8. The van der Waals surface area contributed by atoms with Gasteiger partial charge in [0.25, 0.3) is 5.91 Å². The lowest BCUT2D eigenvalue weighted by atomic mass is 9.95. The molecular weight excluding hydrogens is 378 g/mol. The highest BCUT2D eigenvalue weighted by Gasteiger charge is 2.26. The van der Waals surface area contributed by atoms with E-state index in [0.29, 0.717) is 30.9 Å². The fraction of sp³-hybridized carbons (Fsp3) is 0.304. The average Bonchev–Trinajstić information content (AvgIpc) is 3.19. The van der Waals surface area contributed by atoms with Crippen LogP contribution in [-0.2, 0) is 6.42 Å². The third kappa shape index (κ3) is 3.76. The van der Waals surface area contributed by atoms with Crippen LogP contribution in [0.4, 0.5) is 5.82 Å². The number of aryl methyl sites for hydroxylation is 2. The summed E-state index contributed by atoms with van der Waals surface area (Å²) < 4.78 is 0. The monoisotopic (exact) mass is 403 g/mol. The van der Waals surface area contributed by atoms with Gasteiger partial charge in [0.05, 0.1) is 17.5 Å². The van der Waals surface area contributed by atoms with Gasteiger partial charge in [0.2, 0.25) is 0 Å². The Hall–Kier alpha value is -3.32. The molecule has 3 aromatic rings. The molecule has 0 bridgehead atoms. The number of rotatable bonds is 4. The molecule has 1 fully saturated rings. The number of aliphatic hydroxyl groups is 1. The number of benzene rings is 1. The van der Waals surface area contributed by atoms with Crippen molar-refractivity contribution in [2.75, 3.05) is 18.8 Å². The van der Waals surface area contributed by atoms with Gasteiger partial charge in [-0.2, -0.15) is 0 Å². The molecule has 1 aromatic carbocycles. The van der Waals surface area contributed by atoms with E-state index < -0.39 is 6.10 Å². The molecule has 1 saturated heterocycles. The molecule has 4 rings (SSSR count). The summed E-state index contributed by atoms with van der Waals surface area (Å²) in [6.07, 6.45) is 4.26. The van der Waals surface area contributed by atoms with E-state index in [4.69, 9.17) is 5.73 Å². The van der Waals surface area contributed by atoms with Crippen LogP contribution in [0.3, 0.4) is 0 Å². The second-order valence-electron chi connectivity index (χ2n) is 7.59. The Kier molecular flexibility index (Phi) is 5.46. The first-order valence-electron chi connectivity index (χ1n) is 10.1. The lowest BCUT2D eigenvalue weighted by Crippen LogP contribution is -2.30. The number of nitrogens with two attached hydrogens (primary N) is 1. The second-order valence-corrected chi connectivity index (χ2v) is 7.59. The van der Waals surface area contributed by atoms with E-state index in [1.165, 1.54) is 0 Å². The molecule has 0 aliphatic carbocycles. The Bertz CT molecular complexity index is 1080. The highest BCUT2D eigenvalue weighted by atomic mass is 16.3. The van der Waals surface area contributed by atoms with Gasteiger partial charge in [-0.3, -0.25) is 4.79 Å². The maximum atomic E-state index is 12.9. The predicted octanol–water partition coefficient (Wildman–Crippen LogP) is 2.87. The van der Waals surface area contributed by atoms with E-state index >= 15 is 0 Å². The number of aliphatic hydroxyl groups excluding tert-OH is 1. The first-order valence-corrected chi connectivity index (χ1v) is 10.1. The summed E-state index contributed by atoms with van der Waals surface area (Å²) in [5.74, 6) is 0.413. The number of β-amino-alcohol motifs (C(OH)–C–C–N with tert-alkyl or cyclic N) is 1. The van der Waals surface area contributed by atoms with E-state index in [0.717, 1.165) is 40.1 Å². The van der Waals surface area contributed by atoms with Crippen LogP contribution >= 0.6 is 0 Å². The fourth-order valence-electron chi connectivity index (χ4n) is 3.91. The summed E-state index contributed by atoms with van der Waals surface area (Å²) in [6.45, 7) is 4.95. The van der Waals surface area contributed by atoms with E-state index in [-0.39, 0.29) is 5.91 Å². The number of hydrogen-bond acceptors (Lipinski definition) is 6. The molecule has 0 saturated carbocycles. The Morgan fingerprint density at radius 3 is 2.63 bits per heavy atom. The van der Waals surface area contributed by atoms with E-state index in [1.807, 2.05) is 31.2 Å². The highest BCUT2D eigenvalue weighted by molar-refractivity contribution is 5.96. The van der Waals surface area contributed by atoms with Crippen molar-refractivity contribution in [3.05, 3.63) is 59.7 Å². The maximum absolute atomic E-state index is 12.9. The standard InChI is InChI=1S/C23H25N5O2/c1-3-19-21(16-5-7-20(24)25-11-16)22(27-13-26-19)15-4-6-18(14(2)10-15)23(30)28-9-8-17(29)12-28/h4-7,10-11,13,17,29H,3,8-9,12H2,1-2H3,(H2,24,25)/t17-/m0/s1. The first-order chi connectivity index (χ1) is 14.5. The van der Waals surface area contributed by atoms with Crippen molar-refractivity contribution in [3.63, 3.8) is 0 Å². The number of carbonyl (C=O) groups excluding carboxylic acids is 1. The van der Waals surface area contributed by atoms with Crippen molar-refractivity contribution in [2.45, 2.75) is 32.8 Å². The lowest BCUT2D eigenvalue weighted by molar-refractivity contribution is 0.0764. The van der Waals surface area contributed by atoms with Gasteiger partial charge in [0.15, 0.2) is 0 Å². The minimum atomic E-state index is -0.432. The van der Waals surface area contributed by atoms with Crippen molar-refractivity contribution in [3.8, 4) is 22.4 Å². The minimum absolute atomic E-state index is 0.0458. The van der Waals surface area contributed by atoms with Crippen LogP contribution in [-0.4, -0.2) is 50.1 Å². The zero-order valence-electron chi connectivity index (χ0n) is 17.2. The van der Waals surface area contributed by atoms with Gasteiger partial charge in [-0.15, -0.1) is 0 Å². The normalized spacial score (nSPS) is 16.1. The van der Waals surface area contributed by atoms with E-state index in [9.17, 15) is 9.90 Å². The molecule has 3 heterocycles. The van der Waals surface area contributed by atoms with Gasteiger partial charge >= 0.3 is 0 Å². The van der Waals surface area contributed by atoms with Crippen LogP contribution in [0.5, 0.6) is 0 Å². The van der Waals surface area contributed by atoms with E-state index in [2.05, 4.69) is 21.9 Å². The number of carbonyl (C=O) groups is 1. The molecule has 1 aliphatic rings. The van der Waals surface area contributed by atoms with Crippen molar-refractivity contribution < 1.29 is 9.90 Å². The average molecular weight is 403 g/mol. The first kappa shape index (κ1) is 20.0. The molecule has 1 atom stereocenters. The summed E-state index contributed by atoms with van der Waals surface area (Å²) in [5.41, 5.74) is 11.7. The molecule has 2 aromatic heterocycles. The van der Waals surface area contributed by atoms with Crippen molar-refractivity contribution in [1.29, 1.82) is 0 Å². The number of amides is 1. The van der Waals surface area contributed by atoms with Crippen LogP contribution in [0, 0.1) is 6.92 Å². The Balaban J connectivity index is 1.75. The third-order valence-electron chi connectivity index (χ3n) is 5.52. The van der Waals surface area contributed by atoms with Crippen molar-refractivity contribution in [2.24, 2.45) is 0 Å². The van der Waals surface area contributed by atoms with Crippen molar-refractivity contribution >= 4 is 11.7 Å². The van der Waals surface area contributed by atoms with E-state index in [1.54, 1.807) is 23.5 Å². The number of hydrogen-bond donors (Lipinski definition) is 2. The predicted molar refractivity (Wildman–Crippen MR) is 116 cm³/mol. The largest absolute Gasteiger partial charge is 0.391 e. The third-order valence-corrected chi connectivity index (χ3v) is 5.52. The minimum Gasteiger partial charge on any atom is -0.391 e. The van der Waals surface area contributed by atoms with Gasteiger partial charge in [0, 0.05) is 41.5 Å². The number of likely N-dealkylation sites (tertiary alicyclic amines) is 1.